The zero-order valence-electron chi connectivity index (χ0n) is 12.1. The van der Waals surface area contributed by atoms with Crippen LogP contribution < -0.4 is 5.73 Å². The maximum Gasteiger partial charge on any atom is 0.226 e. The Labute approximate surface area is 120 Å². The number of hydrogen-bond donors (Lipinski definition) is 1. The SMILES string of the molecule is NCCCCCCc1nc(C2CN3CCN2CC3)no1. The molecule has 0 amide bonds. The fourth-order valence-electron chi connectivity index (χ4n) is 3.14. The quantitative estimate of drug-likeness (QED) is 0.745. The summed E-state index contributed by atoms with van der Waals surface area (Å²) in [5, 5.41) is 4.20. The number of nitrogens with zero attached hydrogens (tertiary/aromatic N) is 4. The summed E-state index contributed by atoms with van der Waals surface area (Å²) in [4.78, 5) is 9.58. The van der Waals surface area contributed by atoms with E-state index in [9.17, 15) is 0 Å². The van der Waals surface area contributed by atoms with E-state index in [-0.39, 0.29) is 0 Å². The molecule has 0 radical (unpaired) electrons. The van der Waals surface area contributed by atoms with Crippen LogP contribution in [0.2, 0.25) is 0 Å². The van der Waals surface area contributed by atoms with Gasteiger partial charge in [-0.2, -0.15) is 4.98 Å². The number of aryl methyl sites for hydroxylation is 1. The van der Waals surface area contributed by atoms with Crippen LogP contribution in [0.25, 0.3) is 0 Å². The second-order valence-electron chi connectivity index (χ2n) is 5.85. The van der Waals surface area contributed by atoms with Gasteiger partial charge in [0.05, 0.1) is 6.04 Å². The Morgan fingerprint density at radius 1 is 1.10 bits per heavy atom. The van der Waals surface area contributed by atoms with Crippen LogP contribution in [0.15, 0.2) is 4.52 Å². The molecule has 0 spiro atoms. The predicted octanol–water partition coefficient (Wildman–Crippen LogP) is 0.803. The highest BCUT2D eigenvalue weighted by atomic mass is 16.5. The molecule has 1 atom stereocenters. The first-order valence-electron chi connectivity index (χ1n) is 7.86. The van der Waals surface area contributed by atoms with Crippen molar-refractivity contribution in [3.8, 4) is 0 Å². The van der Waals surface area contributed by atoms with Gasteiger partial charge in [0.2, 0.25) is 5.89 Å². The molecule has 112 valence electrons. The second kappa shape index (κ2) is 6.65. The lowest BCUT2D eigenvalue weighted by molar-refractivity contribution is 0.00781. The van der Waals surface area contributed by atoms with Crippen molar-refractivity contribution in [1.29, 1.82) is 0 Å². The molecule has 4 rings (SSSR count). The van der Waals surface area contributed by atoms with Crippen LogP contribution in [-0.4, -0.2) is 59.2 Å². The van der Waals surface area contributed by atoms with Crippen molar-refractivity contribution in [3.63, 3.8) is 0 Å². The summed E-state index contributed by atoms with van der Waals surface area (Å²) in [6.45, 7) is 6.47. The molecule has 3 aliphatic rings. The Bertz CT molecular complexity index is 413. The first-order valence-corrected chi connectivity index (χ1v) is 7.86. The van der Waals surface area contributed by atoms with Crippen LogP contribution in [0, 0.1) is 0 Å². The van der Waals surface area contributed by atoms with Crippen molar-refractivity contribution < 1.29 is 4.52 Å². The molecule has 2 bridgehead atoms. The fraction of sp³-hybridized carbons (Fsp3) is 0.857. The van der Waals surface area contributed by atoms with Gasteiger partial charge in [0.25, 0.3) is 0 Å². The van der Waals surface area contributed by atoms with Crippen LogP contribution >= 0.6 is 0 Å². The molecule has 1 aromatic rings. The van der Waals surface area contributed by atoms with E-state index in [1.54, 1.807) is 0 Å². The first kappa shape index (κ1) is 14.0. The summed E-state index contributed by atoms with van der Waals surface area (Å²) in [6, 6.07) is 0.340. The zero-order valence-corrected chi connectivity index (χ0v) is 12.1. The molecular formula is C14H25N5O. The molecule has 4 heterocycles. The number of rotatable bonds is 7. The van der Waals surface area contributed by atoms with E-state index in [1.165, 1.54) is 25.9 Å². The lowest BCUT2D eigenvalue weighted by Gasteiger charge is -2.46. The fourth-order valence-corrected chi connectivity index (χ4v) is 3.14. The number of fused-ring (bicyclic) bond motifs is 3. The van der Waals surface area contributed by atoms with Crippen molar-refractivity contribution in [3.05, 3.63) is 11.7 Å². The lowest BCUT2D eigenvalue weighted by Crippen LogP contribution is -2.57. The van der Waals surface area contributed by atoms with E-state index in [4.69, 9.17) is 10.3 Å². The van der Waals surface area contributed by atoms with Crippen LogP contribution in [0.3, 0.4) is 0 Å². The van der Waals surface area contributed by atoms with E-state index in [0.717, 1.165) is 57.2 Å². The maximum atomic E-state index is 5.49. The van der Waals surface area contributed by atoms with Gasteiger partial charge in [-0.25, -0.2) is 0 Å². The summed E-state index contributed by atoms with van der Waals surface area (Å²) in [5.74, 6) is 1.68. The normalized spacial score (nSPS) is 28.9. The highest BCUT2D eigenvalue weighted by molar-refractivity contribution is 5.01. The summed E-state index contributed by atoms with van der Waals surface area (Å²) < 4.78 is 5.40. The Morgan fingerprint density at radius 3 is 2.60 bits per heavy atom. The Kier molecular flexibility index (Phi) is 4.65. The Morgan fingerprint density at radius 2 is 1.90 bits per heavy atom. The molecule has 0 aliphatic carbocycles. The van der Waals surface area contributed by atoms with Crippen LogP contribution in [0.4, 0.5) is 0 Å². The van der Waals surface area contributed by atoms with Gasteiger partial charge in [0, 0.05) is 39.1 Å². The van der Waals surface area contributed by atoms with Crippen molar-refractivity contribution in [2.75, 3.05) is 39.3 Å². The summed E-state index contributed by atoms with van der Waals surface area (Å²) in [6.07, 6.45) is 5.51. The zero-order chi connectivity index (χ0) is 13.8. The van der Waals surface area contributed by atoms with E-state index in [1.807, 2.05) is 0 Å². The van der Waals surface area contributed by atoms with Gasteiger partial charge in [-0.1, -0.05) is 18.0 Å². The van der Waals surface area contributed by atoms with Gasteiger partial charge in [0.1, 0.15) is 0 Å². The largest absolute Gasteiger partial charge is 0.339 e. The van der Waals surface area contributed by atoms with Gasteiger partial charge in [-0.05, 0) is 19.4 Å². The molecule has 6 heteroatoms. The van der Waals surface area contributed by atoms with Crippen molar-refractivity contribution in [2.45, 2.75) is 38.1 Å². The van der Waals surface area contributed by atoms with Crippen molar-refractivity contribution in [2.24, 2.45) is 5.73 Å². The molecule has 0 saturated carbocycles. The average molecular weight is 279 g/mol. The van der Waals surface area contributed by atoms with Gasteiger partial charge < -0.3 is 10.3 Å². The number of hydrogen-bond acceptors (Lipinski definition) is 6. The van der Waals surface area contributed by atoms with Gasteiger partial charge in [0.15, 0.2) is 5.82 Å². The number of aromatic nitrogens is 2. The standard InChI is InChI=1S/C14H25N5O/c15-6-4-2-1-3-5-13-16-14(17-20-13)12-11-18-7-9-19(12)10-8-18/h12H,1-11,15H2. The third-order valence-corrected chi connectivity index (χ3v) is 4.41. The van der Waals surface area contributed by atoms with Gasteiger partial charge in [-0.3, -0.25) is 9.80 Å². The van der Waals surface area contributed by atoms with Crippen molar-refractivity contribution in [1.82, 2.24) is 19.9 Å². The molecule has 3 fully saturated rings. The van der Waals surface area contributed by atoms with Crippen molar-refractivity contribution >= 4 is 0 Å². The minimum Gasteiger partial charge on any atom is -0.339 e. The highest BCUT2D eigenvalue weighted by Crippen LogP contribution is 2.26. The molecule has 3 saturated heterocycles. The molecule has 0 aromatic carbocycles. The number of unbranched alkanes of at least 4 members (excludes halogenated alkanes) is 3. The minimum absolute atomic E-state index is 0.340. The third-order valence-electron chi connectivity index (χ3n) is 4.41. The van der Waals surface area contributed by atoms with Gasteiger partial charge >= 0.3 is 0 Å². The molecular weight excluding hydrogens is 254 g/mol. The van der Waals surface area contributed by atoms with E-state index in [2.05, 4.69) is 19.9 Å². The third kappa shape index (κ3) is 3.19. The monoisotopic (exact) mass is 279 g/mol. The smallest absolute Gasteiger partial charge is 0.226 e. The molecule has 20 heavy (non-hydrogen) atoms. The Balaban J connectivity index is 1.49. The minimum atomic E-state index is 0.340. The first-order chi connectivity index (χ1) is 9.86. The summed E-state index contributed by atoms with van der Waals surface area (Å²) in [5.41, 5.74) is 5.49. The van der Waals surface area contributed by atoms with Gasteiger partial charge in [-0.15, -0.1) is 0 Å². The molecule has 1 aromatic heterocycles. The lowest BCUT2D eigenvalue weighted by atomic mass is 10.1. The molecule has 6 nitrogen and oxygen atoms in total. The topological polar surface area (TPSA) is 71.4 Å². The van der Waals surface area contributed by atoms with E-state index >= 15 is 0 Å². The van der Waals surface area contributed by atoms with E-state index in [0.29, 0.717) is 6.04 Å². The molecule has 3 aliphatic heterocycles. The van der Waals surface area contributed by atoms with Crippen LogP contribution in [0.5, 0.6) is 0 Å². The number of piperazine rings is 3. The highest BCUT2D eigenvalue weighted by Gasteiger charge is 2.35. The summed E-state index contributed by atoms with van der Waals surface area (Å²) in [7, 11) is 0. The second-order valence-corrected chi connectivity index (χ2v) is 5.85. The average Bonchev–Trinajstić information content (AvgIpc) is 2.97. The summed E-state index contributed by atoms with van der Waals surface area (Å²) >= 11 is 0. The molecule has 2 N–H and O–H groups in total. The van der Waals surface area contributed by atoms with Crippen LogP contribution in [-0.2, 0) is 6.42 Å². The maximum absolute atomic E-state index is 5.49. The van der Waals surface area contributed by atoms with Crippen LogP contribution in [0.1, 0.15) is 43.4 Å². The number of nitrogens with two attached hydrogens (primary N) is 1. The predicted molar refractivity (Wildman–Crippen MR) is 76.3 cm³/mol. The van der Waals surface area contributed by atoms with E-state index < -0.39 is 0 Å². The Hall–Kier alpha value is -0.980. The molecule has 1 unspecified atom stereocenters.